The second kappa shape index (κ2) is 10.6. The van der Waals surface area contributed by atoms with Crippen molar-refractivity contribution in [1.82, 2.24) is 15.1 Å². The molecule has 0 aliphatic rings. The number of rotatable bonds is 9. The molecule has 136 valence electrons. The Kier molecular flexibility index (Phi) is 9.26. The molecule has 0 heterocycles. The number of benzene rings is 1. The van der Waals surface area contributed by atoms with Crippen molar-refractivity contribution in [3.05, 3.63) is 28.2 Å². The molecule has 0 unspecified atom stereocenters. The summed E-state index contributed by atoms with van der Waals surface area (Å²) in [4.78, 5) is 16.1. The van der Waals surface area contributed by atoms with Crippen LogP contribution in [0, 0.1) is 0 Å². The minimum absolute atomic E-state index is 0.0727. The van der Waals surface area contributed by atoms with Crippen molar-refractivity contribution in [1.29, 1.82) is 0 Å². The largest absolute Gasteiger partial charge is 0.492 e. The Balaban J connectivity index is 2.43. The number of ether oxygens (including phenoxy) is 1. The van der Waals surface area contributed by atoms with Crippen LogP contribution in [0.3, 0.4) is 0 Å². The van der Waals surface area contributed by atoms with Crippen molar-refractivity contribution < 1.29 is 9.53 Å². The maximum absolute atomic E-state index is 12.3. The predicted octanol–water partition coefficient (Wildman–Crippen LogP) is 3.74. The van der Waals surface area contributed by atoms with Crippen LogP contribution in [0.15, 0.2) is 18.2 Å². The summed E-state index contributed by atoms with van der Waals surface area (Å²) in [5.74, 6) is 0.600. The third kappa shape index (κ3) is 8.08. The zero-order chi connectivity index (χ0) is 18.1. The van der Waals surface area contributed by atoms with E-state index in [0.717, 1.165) is 13.0 Å². The lowest BCUT2D eigenvalue weighted by Gasteiger charge is -2.27. The minimum atomic E-state index is -0.0727. The molecule has 24 heavy (non-hydrogen) atoms. The fourth-order valence-corrected chi connectivity index (χ4v) is 2.67. The molecule has 1 rings (SSSR count). The van der Waals surface area contributed by atoms with Gasteiger partial charge in [-0.3, -0.25) is 0 Å². The summed E-state index contributed by atoms with van der Waals surface area (Å²) < 4.78 is 5.66. The molecule has 0 saturated carbocycles. The van der Waals surface area contributed by atoms with E-state index in [-0.39, 0.29) is 12.1 Å². The number of carbonyl (C=O) groups is 1. The molecule has 0 fully saturated rings. The normalized spacial score (nSPS) is 11.0. The average molecular weight is 376 g/mol. The van der Waals surface area contributed by atoms with E-state index in [1.165, 1.54) is 0 Å². The number of halogens is 2. The number of hydrogen-bond acceptors (Lipinski definition) is 3. The lowest BCUT2D eigenvalue weighted by Crippen LogP contribution is -2.46. The number of nitrogens with one attached hydrogen (secondary N) is 1. The smallest absolute Gasteiger partial charge is 0.317 e. The summed E-state index contributed by atoms with van der Waals surface area (Å²) >= 11 is 11.9. The summed E-state index contributed by atoms with van der Waals surface area (Å²) in [6.07, 6.45) is 0.919. The molecule has 0 bridgehead atoms. The van der Waals surface area contributed by atoms with Gasteiger partial charge in [-0.15, -0.1) is 0 Å². The van der Waals surface area contributed by atoms with Crippen molar-refractivity contribution >= 4 is 29.2 Å². The second-order valence-corrected chi connectivity index (χ2v) is 7.00. The molecule has 0 aliphatic heterocycles. The predicted molar refractivity (Wildman–Crippen MR) is 100 cm³/mol. The average Bonchev–Trinajstić information content (AvgIpc) is 2.46. The Hall–Kier alpha value is -1.17. The quantitative estimate of drug-likeness (QED) is 0.668. The van der Waals surface area contributed by atoms with E-state index in [4.69, 9.17) is 27.9 Å². The number of amides is 2. The highest BCUT2D eigenvalue weighted by Gasteiger charge is 2.16. The number of hydrogen-bond donors (Lipinski definition) is 1. The molecule has 0 saturated heterocycles. The summed E-state index contributed by atoms with van der Waals surface area (Å²) in [7, 11) is 4.03. The molecule has 7 heteroatoms. The highest BCUT2D eigenvalue weighted by molar-refractivity contribution is 6.34. The van der Waals surface area contributed by atoms with Gasteiger partial charge >= 0.3 is 6.03 Å². The van der Waals surface area contributed by atoms with Crippen LogP contribution in [0.4, 0.5) is 4.79 Å². The Bertz CT molecular complexity index is 504. The van der Waals surface area contributed by atoms with Gasteiger partial charge in [0.2, 0.25) is 0 Å². The van der Waals surface area contributed by atoms with Crippen LogP contribution in [0.5, 0.6) is 5.75 Å². The topological polar surface area (TPSA) is 44.8 Å². The molecule has 0 aliphatic carbocycles. The van der Waals surface area contributed by atoms with Gasteiger partial charge in [-0.1, -0.05) is 23.2 Å². The van der Waals surface area contributed by atoms with Crippen LogP contribution in [-0.4, -0.2) is 62.2 Å². The highest BCUT2D eigenvalue weighted by Crippen LogP contribution is 2.24. The Morgan fingerprint density at radius 3 is 2.33 bits per heavy atom. The van der Waals surface area contributed by atoms with Gasteiger partial charge in [-0.25, -0.2) is 4.79 Å². The van der Waals surface area contributed by atoms with Gasteiger partial charge in [0.25, 0.3) is 0 Å². The van der Waals surface area contributed by atoms with Gasteiger partial charge in [0.05, 0.1) is 6.54 Å². The summed E-state index contributed by atoms with van der Waals surface area (Å²) in [5, 5.41) is 4.00. The fourth-order valence-electron chi connectivity index (χ4n) is 2.16. The van der Waals surface area contributed by atoms with Crippen LogP contribution in [0.1, 0.15) is 20.3 Å². The monoisotopic (exact) mass is 375 g/mol. The molecular weight excluding hydrogens is 349 g/mol. The van der Waals surface area contributed by atoms with Gasteiger partial charge in [-0.05, 0) is 59.1 Å². The summed E-state index contributed by atoms with van der Waals surface area (Å²) in [6.45, 7) is 6.43. The van der Waals surface area contributed by atoms with Crippen LogP contribution in [0.25, 0.3) is 0 Å². The standard InChI is InChI=1S/C17H27Cl2N3O2/c1-13(2)22(17(23)20-6-5-7-21(3)4)8-9-24-16-11-14(18)10-15(19)12-16/h10-13H,5-9H2,1-4H3,(H,20,23). The van der Waals surface area contributed by atoms with Crippen LogP contribution in [0.2, 0.25) is 10.0 Å². The third-order valence-corrected chi connectivity index (χ3v) is 3.82. The molecule has 0 aromatic heterocycles. The maximum atomic E-state index is 12.3. The van der Waals surface area contributed by atoms with E-state index in [2.05, 4.69) is 10.2 Å². The van der Waals surface area contributed by atoms with E-state index in [1.807, 2.05) is 27.9 Å². The summed E-state index contributed by atoms with van der Waals surface area (Å²) in [5.41, 5.74) is 0. The van der Waals surface area contributed by atoms with Crippen molar-refractivity contribution in [3.8, 4) is 5.75 Å². The van der Waals surface area contributed by atoms with Gasteiger partial charge in [0.15, 0.2) is 0 Å². The number of nitrogens with zero attached hydrogens (tertiary/aromatic N) is 2. The van der Waals surface area contributed by atoms with Gasteiger partial charge in [0.1, 0.15) is 12.4 Å². The molecule has 5 nitrogen and oxygen atoms in total. The van der Waals surface area contributed by atoms with E-state index in [9.17, 15) is 4.79 Å². The van der Waals surface area contributed by atoms with Crippen molar-refractivity contribution in [2.24, 2.45) is 0 Å². The van der Waals surface area contributed by atoms with E-state index >= 15 is 0 Å². The first-order valence-corrected chi connectivity index (χ1v) is 8.83. The van der Waals surface area contributed by atoms with E-state index in [0.29, 0.717) is 35.5 Å². The lowest BCUT2D eigenvalue weighted by molar-refractivity contribution is 0.166. The Morgan fingerprint density at radius 2 is 1.79 bits per heavy atom. The Labute approximate surface area is 154 Å². The van der Waals surface area contributed by atoms with Gasteiger partial charge < -0.3 is 19.9 Å². The first-order chi connectivity index (χ1) is 11.3. The minimum Gasteiger partial charge on any atom is -0.492 e. The van der Waals surface area contributed by atoms with Crippen molar-refractivity contribution in [2.45, 2.75) is 26.3 Å². The first-order valence-electron chi connectivity index (χ1n) is 8.07. The van der Waals surface area contributed by atoms with Crippen LogP contribution in [-0.2, 0) is 0 Å². The SMILES string of the molecule is CC(C)N(CCOc1cc(Cl)cc(Cl)c1)C(=O)NCCCN(C)C. The molecule has 0 atom stereocenters. The second-order valence-electron chi connectivity index (χ2n) is 6.13. The Morgan fingerprint density at radius 1 is 1.17 bits per heavy atom. The maximum Gasteiger partial charge on any atom is 0.317 e. The first kappa shape index (κ1) is 20.9. The zero-order valence-electron chi connectivity index (χ0n) is 14.8. The molecule has 0 radical (unpaired) electrons. The molecule has 1 aromatic carbocycles. The lowest BCUT2D eigenvalue weighted by atomic mass is 10.3. The van der Waals surface area contributed by atoms with Crippen LogP contribution < -0.4 is 10.1 Å². The van der Waals surface area contributed by atoms with E-state index < -0.39 is 0 Å². The van der Waals surface area contributed by atoms with Crippen LogP contribution >= 0.6 is 23.2 Å². The molecule has 1 N–H and O–H groups in total. The van der Waals surface area contributed by atoms with Crippen molar-refractivity contribution in [2.75, 3.05) is 40.3 Å². The summed E-state index contributed by atoms with van der Waals surface area (Å²) in [6, 6.07) is 5.07. The third-order valence-electron chi connectivity index (χ3n) is 3.38. The number of carbonyl (C=O) groups excluding carboxylic acids is 1. The molecular formula is C17H27Cl2N3O2. The van der Waals surface area contributed by atoms with Gasteiger partial charge in [-0.2, -0.15) is 0 Å². The van der Waals surface area contributed by atoms with Gasteiger partial charge in [0, 0.05) is 22.6 Å². The highest BCUT2D eigenvalue weighted by atomic mass is 35.5. The molecule has 1 aromatic rings. The zero-order valence-corrected chi connectivity index (χ0v) is 16.3. The van der Waals surface area contributed by atoms with E-state index in [1.54, 1.807) is 23.1 Å². The molecule has 0 spiro atoms. The molecule has 2 amide bonds. The van der Waals surface area contributed by atoms with Crippen molar-refractivity contribution in [3.63, 3.8) is 0 Å². The number of urea groups is 1. The fraction of sp³-hybridized carbons (Fsp3) is 0.588.